The summed E-state index contributed by atoms with van der Waals surface area (Å²) in [7, 11) is 0. The van der Waals surface area contributed by atoms with E-state index in [0.29, 0.717) is 20.9 Å². The van der Waals surface area contributed by atoms with Gasteiger partial charge < -0.3 is 15.4 Å². The molecule has 4 aromatic rings. The first-order chi connectivity index (χ1) is 19.1. The molecule has 2 heterocycles. The van der Waals surface area contributed by atoms with Crippen LogP contribution >= 0.6 is 34.8 Å². The number of azo groups is 1. The van der Waals surface area contributed by atoms with Gasteiger partial charge in [0, 0.05) is 18.4 Å². The predicted molar refractivity (Wildman–Crippen MR) is 142 cm³/mol. The Morgan fingerprint density at radius 2 is 1.60 bits per heavy atom. The molecule has 16 heteroatoms. The highest BCUT2D eigenvalue weighted by atomic mass is 35.5. The largest absolute Gasteiger partial charge is 0.461 e. The van der Waals surface area contributed by atoms with Crippen LogP contribution in [0.2, 0.25) is 15.2 Å². The van der Waals surface area contributed by atoms with E-state index in [1.54, 1.807) is 36.5 Å². The summed E-state index contributed by atoms with van der Waals surface area (Å²) in [4.78, 5) is 16.7. The lowest BCUT2D eigenvalue weighted by molar-refractivity contribution is -0.253. The van der Waals surface area contributed by atoms with Gasteiger partial charge in [-0.2, -0.15) is 37.6 Å². The molecule has 0 atom stereocenters. The molecular weight excluding hydrogens is 599 g/mol. The zero-order chi connectivity index (χ0) is 28.7. The lowest BCUT2D eigenvalue weighted by atomic mass is 10.2. The molecule has 0 radical (unpaired) electrons. The maximum absolute atomic E-state index is 13.2. The van der Waals surface area contributed by atoms with E-state index in [1.165, 1.54) is 12.1 Å². The van der Waals surface area contributed by atoms with Crippen molar-refractivity contribution in [2.45, 2.75) is 25.6 Å². The fourth-order valence-corrected chi connectivity index (χ4v) is 3.42. The molecule has 9 nitrogen and oxygen atoms in total. The van der Waals surface area contributed by atoms with Gasteiger partial charge in [0.2, 0.25) is 11.9 Å². The smallest absolute Gasteiger partial charge is 0.428 e. The normalized spacial score (nSPS) is 11.7. The molecule has 0 aliphatic rings. The van der Waals surface area contributed by atoms with E-state index in [9.17, 15) is 17.6 Å². The zero-order valence-corrected chi connectivity index (χ0v) is 22.3. The first kappa shape index (κ1) is 29.2. The molecule has 0 saturated carbocycles. The van der Waals surface area contributed by atoms with Gasteiger partial charge in [-0.1, -0.05) is 46.9 Å². The summed E-state index contributed by atoms with van der Waals surface area (Å²) in [5.41, 5.74) is 1.88. The van der Waals surface area contributed by atoms with E-state index in [4.69, 9.17) is 34.8 Å². The fraction of sp³-hybridized carbons (Fsp3) is 0.167. The average Bonchev–Trinajstić information content (AvgIpc) is 2.91. The molecule has 0 aliphatic carbocycles. The molecule has 0 fully saturated rings. The Bertz CT molecular complexity index is 1480. The standard InChI is InChI=1S/C24H17Cl3F4N8O/c25-17-7-1-13(9-18(17)26)12-34-39-23-37-21(33-11-14-2-8-19(27)32-10-14)36-22(38-23)35-15-3-5-16(6-4-15)40-24(30,31)20(28)29/h1-10,20H,11-12H2,(H2,33,35,36,37,38). The van der Waals surface area contributed by atoms with Crippen LogP contribution in [0.25, 0.3) is 0 Å². The topological polar surface area (TPSA) is 110 Å². The Labute approximate surface area is 239 Å². The number of hydrogen-bond donors (Lipinski definition) is 2. The Morgan fingerprint density at radius 1 is 0.875 bits per heavy atom. The zero-order valence-electron chi connectivity index (χ0n) is 20.0. The van der Waals surface area contributed by atoms with Crippen molar-refractivity contribution in [3.63, 3.8) is 0 Å². The molecule has 0 saturated heterocycles. The highest BCUT2D eigenvalue weighted by Gasteiger charge is 2.43. The molecule has 40 heavy (non-hydrogen) atoms. The van der Waals surface area contributed by atoms with Crippen molar-refractivity contribution < 1.29 is 22.3 Å². The third kappa shape index (κ3) is 8.34. The Kier molecular flexibility index (Phi) is 9.50. The van der Waals surface area contributed by atoms with Crippen LogP contribution in [-0.4, -0.2) is 32.5 Å². The lowest BCUT2D eigenvalue weighted by Gasteiger charge is -2.17. The van der Waals surface area contributed by atoms with Gasteiger partial charge in [0.05, 0.1) is 16.6 Å². The summed E-state index contributed by atoms with van der Waals surface area (Å²) < 4.78 is 55.2. The number of benzene rings is 2. The summed E-state index contributed by atoms with van der Waals surface area (Å²) in [6.45, 7) is 0.452. The molecular formula is C24H17Cl3F4N8O. The molecule has 0 aliphatic heterocycles. The van der Waals surface area contributed by atoms with Gasteiger partial charge in [0.25, 0.3) is 5.95 Å². The SMILES string of the molecule is FC(F)C(F)(F)Oc1ccc(Nc2nc(N=NCc3ccc(Cl)c(Cl)c3)nc(NCc3ccc(Cl)nc3)n2)cc1. The number of pyridine rings is 1. The molecule has 2 aromatic carbocycles. The van der Waals surface area contributed by atoms with Gasteiger partial charge in [-0.3, -0.25) is 0 Å². The maximum Gasteiger partial charge on any atom is 0.461 e. The molecule has 0 unspecified atom stereocenters. The van der Waals surface area contributed by atoms with E-state index in [0.717, 1.165) is 23.3 Å². The molecule has 0 spiro atoms. The number of alkyl halides is 4. The monoisotopic (exact) mass is 614 g/mol. The van der Waals surface area contributed by atoms with Gasteiger partial charge in [-0.15, -0.1) is 5.11 Å². The van der Waals surface area contributed by atoms with Crippen molar-refractivity contribution >= 4 is 58.3 Å². The van der Waals surface area contributed by atoms with E-state index < -0.39 is 18.3 Å². The lowest BCUT2D eigenvalue weighted by Crippen LogP contribution is -2.33. The third-order valence-electron chi connectivity index (χ3n) is 4.88. The molecule has 2 aromatic heterocycles. The average molecular weight is 616 g/mol. The number of aromatic nitrogens is 4. The van der Waals surface area contributed by atoms with Gasteiger partial charge in [0.15, 0.2) is 0 Å². The van der Waals surface area contributed by atoms with Crippen LogP contribution in [0.4, 0.5) is 41.1 Å². The number of nitrogens with one attached hydrogen (secondary N) is 2. The van der Waals surface area contributed by atoms with E-state index in [-0.39, 0.29) is 30.9 Å². The van der Waals surface area contributed by atoms with Crippen LogP contribution in [0, 0.1) is 0 Å². The van der Waals surface area contributed by atoms with E-state index in [1.807, 2.05) is 0 Å². The van der Waals surface area contributed by atoms with Crippen LogP contribution in [0.3, 0.4) is 0 Å². The summed E-state index contributed by atoms with van der Waals surface area (Å²) in [6, 6.07) is 13.2. The second kappa shape index (κ2) is 13.0. The molecule has 4 rings (SSSR count). The number of hydrogen-bond acceptors (Lipinski definition) is 9. The van der Waals surface area contributed by atoms with Gasteiger partial charge in [-0.25, -0.2) is 4.98 Å². The minimum absolute atomic E-state index is 0.0294. The van der Waals surface area contributed by atoms with Crippen LogP contribution in [0.1, 0.15) is 11.1 Å². The number of ether oxygens (including phenoxy) is 1. The Hall–Kier alpha value is -3.81. The molecule has 208 valence electrons. The number of nitrogens with zero attached hydrogens (tertiary/aromatic N) is 6. The van der Waals surface area contributed by atoms with Gasteiger partial charge >= 0.3 is 12.5 Å². The second-order valence-electron chi connectivity index (χ2n) is 7.89. The second-order valence-corrected chi connectivity index (χ2v) is 9.09. The number of rotatable bonds is 11. The number of anilines is 3. The van der Waals surface area contributed by atoms with Gasteiger partial charge in [-0.05, 0) is 53.6 Å². The van der Waals surface area contributed by atoms with Crippen LogP contribution < -0.4 is 15.4 Å². The highest BCUT2D eigenvalue weighted by molar-refractivity contribution is 6.42. The van der Waals surface area contributed by atoms with Crippen molar-refractivity contribution in [1.29, 1.82) is 0 Å². The fourth-order valence-electron chi connectivity index (χ4n) is 2.99. The third-order valence-corrected chi connectivity index (χ3v) is 5.84. The van der Waals surface area contributed by atoms with E-state index >= 15 is 0 Å². The summed E-state index contributed by atoms with van der Waals surface area (Å²) >= 11 is 17.8. The van der Waals surface area contributed by atoms with Crippen LogP contribution in [0.15, 0.2) is 71.0 Å². The van der Waals surface area contributed by atoms with Gasteiger partial charge in [0.1, 0.15) is 10.9 Å². The van der Waals surface area contributed by atoms with Crippen LogP contribution in [-0.2, 0) is 13.1 Å². The molecule has 0 bridgehead atoms. The van der Waals surface area contributed by atoms with Crippen molar-refractivity contribution in [1.82, 2.24) is 19.9 Å². The predicted octanol–water partition coefficient (Wildman–Crippen LogP) is 8.10. The van der Waals surface area contributed by atoms with E-state index in [2.05, 4.69) is 45.5 Å². The quantitative estimate of drug-likeness (QED) is 0.0996. The Balaban J connectivity index is 1.52. The molecule has 2 N–H and O–H groups in total. The summed E-state index contributed by atoms with van der Waals surface area (Å²) in [5, 5.41) is 15.2. The first-order valence-corrected chi connectivity index (χ1v) is 12.3. The van der Waals surface area contributed by atoms with Crippen molar-refractivity contribution in [2.75, 3.05) is 10.6 Å². The van der Waals surface area contributed by atoms with Crippen molar-refractivity contribution in [3.8, 4) is 5.75 Å². The highest BCUT2D eigenvalue weighted by Crippen LogP contribution is 2.29. The number of halogens is 7. The Morgan fingerprint density at radius 3 is 2.27 bits per heavy atom. The molecule has 0 amide bonds. The summed E-state index contributed by atoms with van der Waals surface area (Å²) in [6.07, 6.45) is -7.02. The minimum Gasteiger partial charge on any atom is -0.428 e. The van der Waals surface area contributed by atoms with Crippen LogP contribution in [0.5, 0.6) is 5.75 Å². The van der Waals surface area contributed by atoms with Crippen molar-refractivity contribution in [3.05, 3.63) is 87.1 Å². The van der Waals surface area contributed by atoms with Crippen molar-refractivity contribution in [2.24, 2.45) is 10.2 Å². The minimum atomic E-state index is -4.62. The summed E-state index contributed by atoms with van der Waals surface area (Å²) in [5.74, 6) is -0.345. The maximum atomic E-state index is 13.2. The first-order valence-electron chi connectivity index (χ1n) is 11.2.